The smallest absolute Gasteiger partial charge is 0.0271 e. The van der Waals surface area contributed by atoms with Crippen molar-refractivity contribution in [3.63, 3.8) is 0 Å². The van der Waals surface area contributed by atoms with Gasteiger partial charge in [-0.25, -0.2) is 0 Å². The van der Waals surface area contributed by atoms with E-state index in [0.717, 1.165) is 8.58 Å². The number of rotatable bonds is 5. The van der Waals surface area contributed by atoms with Crippen molar-refractivity contribution >= 4 is 21.8 Å². The number of benzene rings is 1. The Labute approximate surface area is 84.7 Å². The quantitative estimate of drug-likeness (QED) is 0.519. The van der Waals surface area contributed by atoms with Crippen LogP contribution in [0.25, 0.3) is 0 Å². The van der Waals surface area contributed by atoms with Gasteiger partial charge in [0, 0.05) is 0 Å². The Hall–Kier alpha value is 0.0800. The molecule has 0 saturated heterocycles. The second-order valence-electron chi connectivity index (χ2n) is 3.45. The molecule has 1 unspecified atom stereocenters. The van der Waals surface area contributed by atoms with Gasteiger partial charge in [-0.05, 0) is 37.4 Å². The van der Waals surface area contributed by atoms with Gasteiger partial charge < -0.3 is 0 Å². The summed E-state index contributed by atoms with van der Waals surface area (Å²) in [6.45, 7) is 4.72. The van der Waals surface area contributed by atoms with Crippen LogP contribution in [0.15, 0.2) is 30.3 Å². The average molecular weight is 212 g/mol. The number of hydrogen-bond donors (Lipinski definition) is 0. The zero-order chi connectivity index (χ0) is 9.52. The molecule has 0 aromatic heterocycles. The highest BCUT2D eigenvalue weighted by Crippen LogP contribution is 2.26. The molecule has 0 heterocycles. The molecule has 13 heavy (non-hydrogen) atoms. The van der Waals surface area contributed by atoms with Gasteiger partial charge >= 0.3 is 0 Å². The summed E-state index contributed by atoms with van der Waals surface area (Å²) in [4.78, 5) is 0. The molecule has 0 amide bonds. The first-order chi connectivity index (χ1) is 6.29. The fourth-order valence-electron chi connectivity index (χ4n) is 1.18. The molecule has 0 aliphatic heterocycles. The molecule has 72 valence electrons. The molecule has 0 aliphatic rings. The SMILES string of the molecule is CP(C)CCCPc1ccccc1. The van der Waals surface area contributed by atoms with Crippen LogP contribution in [0.3, 0.4) is 0 Å². The molecule has 1 atom stereocenters. The Morgan fingerprint density at radius 2 is 1.85 bits per heavy atom. The predicted octanol–water partition coefficient (Wildman–Crippen LogP) is 3.12. The van der Waals surface area contributed by atoms with E-state index in [1.54, 1.807) is 0 Å². The minimum absolute atomic E-state index is 0.323. The van der Waals surface area contributed by atoms with Gasteiger partial charge in [0.2, 0.25) is 0 Å². The normalized spacial score (nSPS) is 11.6. The van der Waals surface area contributed by atoms with Crippen LogP contribution in [0.2, 0.25) is 0 Å². The Morgan fingerprint density at radius 3 is 2.46 bits per heavy atom. The van der Waals surface area contributed by atoms with Crippen molar-refractivity contribution in [1.29, 1.82) is 0 Å². The summed E-state index contributed by atoms with van der Waals surface area (Å²) >= 11 is 0. The Kier molecular flexibility index (Phi) is 5.60. The lowest BCUT2D eigenvalue weighted by Gasteiger charge is -2.04. The summed E-state index contributed by atoms with van der Waals surface area (Å²) in [6, 6.07) is 10.8. The van der Waals surface area contributed by atoms with Gasteiger partial charge in [-0.15, -0.1) is 7.92 Å². The Morgan fingerprint density at radius 1 is 1.15 bits per heavy atom. The van der Waals surface area contributed by atoms with Gasteiger partial charge in [0.1, 0.15) is 0 Å². The van der Waals surface area contributed by atoms with Gasteiger partial charge in [0.15, 0.2) is 0 Å². The van der Waals surface area contributed by atoms with Crippen molar-refractivity contribution in [2.75, 3.05) is 25.7 Å². The van der Waals surface area contributed by atoms with Crippen molar-refractivity contribution in [2.24, 2.45) is 0 Å². The molecule has 0 spiro atoms. The molecule has 0 bridgehead atoms. The van der Waals surface area contributed by atoms with Crippen molar-refractivity contribution in [3.8, 4) is 0 Å². The molecule has 1 aromatic rings. The van der Waals surface area contributed by atoms with Crippen LogP contribution >= 0.6 is 16.5 Å². The topological polar surface area (TPSA) is 0 Å². The third kappa shape index (κ3) is 5.40. The highest BCUT2D eigenvalue weighted by atomic mass is 31.1. The van der Waals surface area contributed by atoms with Crippen LogP contribution in [-0.4, -0.2) is 25.7 Å². The molecule has 0 fully saturated rings. The monoisotopic (exact) mass is 212 g/mol. The summed E-state index contributed by atoms with van der Waals surface area (Å²) < 4.78 is 0. The molecule has 0 nitrogen and oxygen atoms in total. The fraction of sp³-hybridized carbons (Fsp3) is 0.455. The molecular weight excluding hydrogens is 194 g/mol. The van der Waals surface area contributed by atoms with Gasteiger partial charge in [-0.2, -0.15) is 0 Å². The van der Waals surface area contributed by atoms with E-state index in [9.17, 15) is 0 Å². The molecule has 0 aliphatic carbocycles. The molecule has 2 heteroatoms. The van der Waals surface area contributed by atoms with Crippen molar-refractivity contribution in [1.82, 2.24) is 0 Å². The molecular formula is C11H18P2. The maximum absolute atomic E-state index is 2.36. The first-order valence-electron chi connectivity index (χ1n) is 4.72. The average Bonchev–Trinajstić information content (AvgIpc) is 2.14. The van der Waals surface area contributed by atoms with E-state index in [1.807, 2.05) is 0 Å². The summed E-state index contributed by atoms with van der Waals surface area (Å²) in [7, 11) is 1.34. The van der Waals surface area contributed by atoms with E-state index < -0.39 is 0 Å². The van der Waals surface area contributed by atoms with E-state index in [4.69, 9.17) is 0 Å². The zero-order valence-corrected chi connectivity index (χ0v) is 10.3. The maximum Gasteiger partial charge on any atom is -0.0271 e. The lowest BCUT2D eigenvalue weighted by Crippen LogP contribution is -1.94. The van der Waals surface area contributed by atoms with E-state index in [2.05, 4.69) is 43.7 Å². The summed E-state index contributed by atoms with van der Waals surface area (Å²) in [6.07, 6.45) is 4.23. The summed E-state index contributed by atoms with van der Waals surface area (Å²) in [5.41, 5.74) is 0. The third-order valence-corrected chi connectivity index (χ3v) is 4.44. The van der Waals surface area contributed by atoms with E-state index in [1.165, 1.54) is 24.0 Å². The van der Waals surface area contributed by atoms with E-state index in [0.29, 0.717) is 7.92 Å². The fourth-order valence-corrected chi connectivity index (χ4v) is 3.34. The van der Waals surface area contributed by atoms with Gasteiger partial charge in [0.05, 0.1) is 0 Å². The van der Waals surface area contributed by atoms with Crippen LogP contribution in [0.1, 0.15) is 6.42 Å². The minimum Gasteiger partial charge on any atom is -0.113 e. The standard InChI is InChI=1S/C11H18P2/c1-13(2)10-6-9-12-11-7-4-3-5-8-11/h3-5,7-8,12H,6,9-10H2,1-2H3. The van der Waals surface area contributed by atoms with Crippen LogP contribution in [-0.2, 0) is 0 Å². The highest BCUT2D eigenvalue weighted by Gasteiger charge is 1.94. The molecule has 0 saturated carbocycles. The zero-order valence-electron chi connectivity index (χ0n) is 8.46. The lowest BCUT2D eigenvalue weighted by atomic mass is 10.4. The predicted molar refractivity (Wildman–Crippen MR) is 67.5 cm³/mol. The second-order valence-corrected chi connectivity index (χ2v) is 7.49. The van der Waals surface area contributed by atoms with Gasteiger partial charge in [-0.1, -0.05) is 38.9 Å². The van der Waals surface area contributed by atoms with E-state index >= 15 is 0 Å². The lowest BCUT2D eigenvalue weighted by molar-refractivity contribution is 1.11. The van der Waals surface area contributed by atoms with E-state index in [-0.39, 0.29) is 0 Å². The number of hydrogen-bond acceptors (Lipinski definition) is 0. The second kappa shape index (κ2) is 6.52. The van der Waals surface area contributed by atoms with Crippen molar-refractivity contribution in [2.45, 2.75) is 6.42 Å². The van der Waals surface area contributed by atoms with Gasteiger partial charge in [-0.3, -0.25) is 0 Å². The molecule has 1 aromatic carbocycles. The Balaban J connectivity index is 2.13. The largest absolute Gasteiger partial charge is 0.113 e. The van der Waals surface area contributed by atoms with Crippen LogP contribution in [0, 0.1) is 0 Å². The van der Waals surface area contributed by atoms with Crippen molar-refractivity contribution < 1.29 is 0 Å². The third-order valence-electron chi connectivity index (χ3n) is 1.89. The molecule has 0 N–H and O–H groups in total. The minimum atomic E-state index is 0.323. The first kappa shape index (κ1) is 11.2. The first-order valence-corrected chi connectivity index (χ1v) is 8.35. The van der Waals surface area contributed by atoms with Crippen molar-refractivity contribution in [3.05, 3.63) is 30.3 Å². The van der Waals surface area contributed by atoms with Crippen LogP contribution < -0.4 is 5.30 Å². The van der Waals surface area contributed by atoms with Crippen LogP contribution in [0.5, 0.6) is 0 Å². The summed E-state index contributed by atoms with van der Waals surface area (Å²) in [5.74, 6) is 0. The van der Waals surface area contributed by atoms with Crippen LogP contribution in [0.4, 0.5) is 0 Å². The molecule has 1 rings (SSSR count). The maximum atomic E-state index is 2.36. The molecule has 0 radical (unpaired) electrons. The Bertz CT molecular complexity index is 219. The highest BCUT2D eigenvalue weighted by molar-refractivity contribution is 7.56. The van der Waals surface area contributed by atoms with Gasteiger partial charge in [0.25, 0.3) is 0 Å². The summed E-state index contributed by atoms with van der Waals surface area (Å²) in [5, 5.41) is 1.51.